The Labute approximate surface area is 112 Å². The highest BCUT2D eigenvalue weighted by molar-refractivity contribution is 6.21. The lowest BCUT2D eigenvalue weighted by atomic mass is 9.84. The van der Waals surface area contributed by atoms with Crippen molar-refractivity contribution in [3.8, 4) is 0 Å². The number of nitrogens with zero attached hydrogens (tertiary/aromatic N) is 1. The van der Waals surface area contributed by atoms with Gasteiger partial charge >= 0.3 is 0 Å². The standard InChI is InChI=1S/C14H17ClFNO/c1-9-3-11(7-13(16)4-9)14(18)17(2)8-10-5-12(15)6-10/h3-4,7,10,12H,5-6,8H2,1-2H3. The van der Waals surface area contributed by atoms with Crippen molar-refractivity contribution in [3.63, 3.8) is 0 Å². The van der Waals surface area contributed by atoms with E-state index < -0.39 is 0 Å². The van der Waals surface area contributed by atoms with Crippen LogP contribution < -0.4 is 0 Å². The molecule has 0 saturated heterocycles. The van der Waals surface area contributed by atoms with E-state index in [1.807, 2.05) is 0 Å². The first kappa shape index (κ1) is 13.3. The van der Waals surface area contributed by atoms with Crippen molar-refractivity contribution in [2.75, 3.05) is 13.6 Å². The van der Waals surface area contributed by atoms with Gasteiger partial charge in [-0.05, 0) is 49.4 Å². The average molecular weight is 270 g/mol. The van der Waals surface area contributed by atoms with E-state index in [2.05, 4.69) is 0 Å². The second-order valence-corrected chi connectivity index (χ2v) is 5.75. The molecule has 0 aliphatic heterocycles. The third-order valence-corrected chi connectivity index (χ3v) is 3.70. The number of aryl methyl sites for hydroxylation is 1. The number of carbonyl (C=O) groups excluding carboxylic acids is 1. The predicted octanol–water partition coefficient (Wildman–Crippen LogP) is 3.22. The van der Waals surface area contributed by atoms with E-state index in [9.17, 15) is 9.18 Å². The Bertz CT molecular complexity index is 437. The zero-order valence-electron chi connectivity index (χ0n) is 10.6. The lowest BCUT2D eigenvalue weighted by molar-refractivity contribution is 0.0746. The van der Waals surface area contributed by atoms with E-state index in [1.54, 1.807) is 24.9 Å². The fourth-order valence-electron chi connectivity index (χ4n) is 2.35. The lowest BCUT2D eigenvalue weighted by Gasteiger charge is -2.34. The van der Waals surface area contributed by atoms with Gasteiger partial charge in [0.2, 0.25) is 0 Å². The Morgan fingerprint density at radius 3 is 2.67 bits per heavy atom. The number of hydrogen-bond acceptors (Lipinski definition) is 1. The highest BCUT2D eigenvalue weighted by Gasteiger charge is 2.29. The largest absolute Gasteiger partial charge is 0.341 e. The van der Waals surface area contributed by atoms with Gasteiger partial charge in [-0.2, -0.15) is 0 Å². The van der Waals surface area contributed by atoms with Crippen LogP contribution >= 0.6 is 11.6 Å². The summed E-state index contributed by atoms with van der Waals surface area (Å²) in [5.41, 5.74) is 1.17. The monoisotopic (exact) mass is 269 g/mol. The Kier molecular flexibility index (Phi) is 3.91. The van der Waals surface area contributed by atoms with Gasteiger partial charge in [0.15, 0.2) is 0 Å². The number of rotatable bonds is 3. The molecule has 0 heterocycles. The second kappa shape index (κ2) is 5.27. The van der Waals surface area contributed by atoms with Crippen molar-refractivity contribution < 1.29 is 9.18 Å². The predicted molar refractivity (Wildman–Crippen MR) is 70.5 cm³/mol. The van der Waals surface area contributed by atoms with Gasteiger partial charge in [-0.1, -0.05) is 0 Å². The molecule has 0 unspecified atom stereocenters. The summed E-state index contributed by atoms with van der Waals surface area (Å²) >= 11 is 5.91. The van der Waals surface area contributed by atoms with Gasteiger partial charge in [0.1, 0.15) is 5.82 Å². The molecule has 0 radical (unpaired) electrons. The minimum atomic E-state index is -0.365. The van der Waals surface area contributed by atoms with E-state index >= 15 is 0 Å². The fourth-order valence-corrected chi connectivity index (χ4v) is 2.86. The first-order valence-corrected chi connectivity index (χ1v) is 6.56. The minimum Gasteiger partial charge on any atom is -0.341 e. The molecule has 1 aromatic rings. The van der Waals surface area contributed by atoms with Crippen molar-refractivity contribution in [1.29, 1.82) is 0 Å². The van der Waals surface area contributed by atoms with E-state index in [1.165, 1.54) is 12.1 Å². The Morgan fingerprint density at radius 1 is 1.44 bits per heavy atom. The normalized spacial score (nSPS) is 22.4. The third-order valence-electron chi connectivity index (χ3n) is 3.35. The number of carbonyl (C=O) groups is 1. The Hall–Kier alpha value is -1.09. The zero-order valence-corrected chi connectivity index (χ0v) is 11.4. The van der Waals surface area contributed by atoms with Crippen molar-refractivity contribution in [1.82, 2.24) is 4.90 Å². The van der Waals surface area contributed by atoms with Crippen LogP contribution in [0.5, 0.6) is 0 Å². The van der Waals surface area contributed by atoms with Crippen LogP contribution in [0.15, 0.2) is 18.2 Å². The fraction of sp³-hybridized carbons (Fsp3) is 0.500. The third kappa shape index (κ3) is 3.02. The van der Waals surface area contributed by atoms with Crippen LogP contribution in [0.25, 0.3) is 0 Å². The number of halogens is 2. The highest BCUT2D eigenvalue weighted by Crippen LogP contribution is 2.32. The van der Waals surface area contributed by atoms with Crippen molar-refractivity contribution in [2.45, 2.75) is 25.1 Å². The average Bonchev–Trinajstić information content (AvgIpc) is 2.24. The number of alkyl halides is 1. The maximum Gasteiger partial charge on any atom is 0.253 e. The van der Waals surface area contributed by atoms with E-state index in [0.717, 1.165) is 18.4 Å². The molecule has 1 aromatic carbocycles. The zero-order chi connectivity index (χ0) is 13.3. The van der Waals surface area contributed by atoms with Gasteiger partial charge in [0.05, 0.1) is 0 Å². The SMILES string of the molecule is Cc1cc(F)cc(C(=O)N(C)CC2CC(Cl)C2)c1. The molecule has 1 fully saturated rings. The minimum absolute atomic E-state index is 0.129. The summed E-state index contributed by atoms with van der Waals surface area (Å²) < 4.78 is 13.3. The van der Waals surface area contributed by atoms with Gasteiger partial charge in [0.25, 0.3) is 5.91 Å². The van der Waals surface area contributed by atoms with Crippen LogP contribution in [0.3, 0.4) is 0 Å². The molecule has 1 aliphatic rings. The summed E-state index contributed by atoms with van der Waals surface area (Å²) in [6, 6.07) is 4.42. The molecule has 0 N–H and O–H groups in total. The Morgan fingerprint density at radius 2 is 2.11 bits per heavy atom. The van der Waals surface area contributed by atoms with Crippen LogP contribution in [0.4, 0.5) is 4.39 Å². The molecule has 2 nitrogen and oxygen atoms in total. The summed E-state index contributed by atoms with van der Waals surface area (Å²) in [4.78, 5) is 13.8. The molecule has 98 valence electrons. The molecule has 18 heavy (non-hydrogen) atoms. The molecular weight excluding hydrogens is 253 g/mol. The molecular formula is C14H17ClFNO. The molecule has 2 rings (SSSR count). The smallest absolute Gasteiger partial charge is 0.253 e. The van der Waals surface area contributed by atoms with Crippen molar-refractivity contribution >= 4 is 17.5 Å². The van der Waals surface area contributed by atoms with Crippen molar-refractivity contribution in [3.05, 3.63) is 35.1 Å². The summed E-state index contributed by atoms with van der Waals surface area (Å²) in [5, 5.41) is 0.259. The lowest BCUT2D eigenvalue weighted by Crippen LogP contribution is -2.37. The Balaban J connectivity index is 2.01. The number of benzene rings is 1. The first-order valence-electron chi connectivity index (χ1n) is 6.12. The second-order valence-electron chi connectivity index (χ2n) is 5.14. The summed E-state index contributed by atoms with van der Waals surface area (Å²) in [5.74, 6) is -0.0112. The van der Waals surface area contributed by atoms with Crippen LogP contribution in [-0.2, 0) is 0 Å². The van der Waals surface area contributed by atoms with Gasteiger partial charge in [-0.15, -0.1) is 11.6 Å². The molecule has 4 heteroatoms. The topological polar surface area (TPSA) is 20.3 Å². The van der Waals surface area contributed by atoms with Gasteiger partial charge < -0.3 is 4.90 Å². The maximum atomic E-state index is 13.3. The molecule has 0 bridgehead atoms. The summed E-state index contributed by atoms with van der Waals surface area (Å²) in [6.45, 7) is 2.47. The van der Waals surface area contributed by atoms with Gasteiger partial charge in [0, 0.05) is 24.5 Å². The summed E-state index contributed by atoms with van der Waals surface area (Å²) in [6.07, 6.45) is 1.92. The van der Waals surface area contributed by atoms with E-state index in [-0.39, 0.29) is 17.1 Å². The maximum absolute atomic E-state index is 13.3. The van der Waals surface area contributed by atoms with Gasteiger partial charge in [-0.3, -0.25) is 4.79 Å². The first-order chi connectivity index (χ1) is 8.45. The quantitative estimate of drug-likeness (QED) is 0.772. The van der Waals surface area contributed by atoms with Crippen LogP contribution in [0.2, 0.25) is 0 Å². The summed E-state index contributed by atoms with van der Waals surface area (Å²) in [7, 11) is 1.75. The van der Waals surface area contributed by atoms with Crippen LogP contribution in [-0.4, -0.2) is 29.8 Å². The number of amides is 1. The highest BCUT2D eigenvalue weighted by atomic mass is 35.5. The van der Waals surface area contributed by atoms with Crippen molar-refractivity contribution in [2.24, 2.45) is 5.92 Å². The molecule has 1 aliphatic carbocycles. The number of hydrogen-bond donors (Lipinski definition) is 0. The van der Waals surface area contributed by atoms with E-state index in [0.29, 0.717) is 18.0 Å². The molecule has 0 spiro atoms. The van der Waals surface area contributed by atoms with E-state index in [4.69, 9.17) is 11.6 Å². The van der Waals surface area contributed by atoms with Crippen LogP contribution in [0.1, 0.15) is 28.8 Å². The van der Waals surface area contributed by atoms with Gasteiger partial charge in [-0.25, -0.2) is 4.39 Å². The molecule has 1 saturated carbocycles. The molecule has 1 amide bonds. The molecule has 0 aromatic heterocycles. The molecule has 0 atom stereocenters. The van der Waals surface area contributed by atoms with Crippen LogP contribution in [0, 0.1) is 18.7 Å².